The number of nitrogens with one attached hydrogen (secondary N) is 1. The van der Waals surface area contributed by atoms with Gasteiger partial charge in [0, 0.05) is 29.8 Å². The molecule has 0 bridgehead atoms. The predicted molar refractivity (Wildman–Crippen MR) is 83.6 cm³/mol. The highest BCUT2D eigenvalue weighted by atomic mass is 35.5. The summed E-state index contributed by atoms with van der Waals surface area (Å²) in [5, 5.41) is 14.0. The molecule has 4 nitrogen and oxygen atoms in total. The molecule has 114 valence electrons. The number of carbonyl (C=O) groups is 1. The molecule has 1 aliphatic heterocycles. The van der Waals surface area contributed by atoms with E-state index in [1.54, 1.807) is 0 Å². The van der Waals surface area contributed by atoms with Crippen LogP contribution in [0.4, 0.5) is 5.69 Å². The van der Waals surface area contributed by atoms with Crippen molar-refractivity contribution < 1.29 is 9.90 Å². The number of anilines is 1. The second-order valence-electron chi connectivity index (χ2n) is 6.12. The largest absolute Gasteiger partial charge is 0.380 e. The molecule has 1 aromatic carbocycles. The molecule has 2 aliphatic rings. The topological polar surface area (TPSA) is 52.6 Å². The van der Waals surface area contributed by atoms with Gasteiger partial charge in [0.1, 0.15) is 5.60 Å². The normalized spacial score (nSPS) is 24.3. The lowest BCUT2D eigenvalue weighted by Crippen LogP contribution is -2.49. The van der Waals surface area contributed by atoms with Gasteiger partial charge in [-0.3, -0.25) is 4.79 Å². The molecule has 0 radical (unpaired) electrons. The Labute approximate surface area is 130 Å². The highest BCUT2D eigenvalue weighted by Gasteiger charge is 2.40. The number of nitrogens with zero attached hydrogens (tertiary/aromatic N) is 1. The standard InChI is InChI=1S/C16H21ClN2O2/c17-12-3-5-14(6-4-12)19-10-7-13(11-19)18-15(20)16(21)8-1-2-9-16/h3-6,13,21H,1-2,7-11H2,(H,18,20). The van der Waals surface area contributed by atoms with Gasteiger partial charge in [-0.05, 0) is 56.4 Å². The molecule has 2 N–H and O–H groups in total. The zero-order chi connectivity index (χ0) is 14.9. The summed E-state index contributed by atoms with van der Waals surface area (Å²) in [4.78, 5) is 14.4. The number of hydrogen-bond acceptors (Lipinski definition) is 3. The van der Waals surface area contributed by atoms with E-state index in [-0.39, 0.29) is 11.9 Å². The Bertz CT molecular complexity index is 512. The molecule has 1 aromatic rings. The molecule has 2 fully saturated rings. The lowest BCUT2D eigenvalue weighted by Gasteiger charge is -2.24. The summed E-state index contributed by atoms with van der Waals surface area (Å²) in [5.74, 6) is -0.192. The molecule has 1 atom stereocenters. The van der Waals surface area contributed by atoms with Gasteiger partial charge in [-0.1, -0.05) is 11.6 Å². The van der Waals surface area contributed by atoms with E-state index in [0.717, 1.165) is 43.1 Å². The third-order valence-electron chi connectivity index (χ3n) is 4.57. The summed E-state index contributed by atoms with van der Waals surface area (Å²) < 4.78 is 0. The van der Waals surface area contributed by atoms with Crippen molar-refractivity contribution in [2.45, 2.75) is 43.7 Å². The van der Waals surface area contributed by atoms with Gasteiger partial charge in [0.15, 0.2) is 0 Å². The van der Waals surface area contributed by atoms with Gasteiger partial charge < -0.3 is 15.3 Å². The first-order valence-corrected chi connectivity index (χ1v) is 7.98. The van der Waals surface area contributed by atoms with E-state index in [4.69, 9.17) is 11.6 Å². The Balaban J connectivity index is 1.57. The Morgan fingerprint density at radius 3 is 2.62 bits per heavy atom. The molecule has 1 unspecified atom stereocenters. The van der Waals surface area contributed by atoms with Crippen LogP contribution in [0.15, 0.2) is 24.3 Å². The van der Waals surface area contributed by atoms with Crippen molar-refractivity contribution >= 4 is 23.2 Å². The summed E-state index contributed by atoms with van der Waals surface area (Å²) in [6, 6.07) is 7.86. The van der Waals surface area contributed by atoms with E-state index < -0.39 is 5.60 Å². The van der Waals surface area contributed by atoms with Gasteiger partial charge in [0.2, 0.25) is 0 Å². The fourth-order valence-electron chi connectivity index (χ4n) is 3.27. The van der Waals surface area contributed by atoms with Crippen LogP contribution in [0.25, 0.3) is 0 Å². The maximum absolute atomic E-state index is 12.2. The van der Waals surface area contributed by atoms with E-state index in [2.05, 4.69) is 10.2 Å². The number of amides is 1. The molecule has 1 amide bonds. The van der Waals surface area contributed by atoms with Crippen LogP contribution in [-0.4, -0.2) is 35.7 Å². The first kappa shape index (κ1) is 14.7. The van der Waals surface area contributed by atoms with E-state index >= 15 is 0 Å². The Hall–Kier alpha value is -1.26. The average molecular weight is 309 g/mol. The molecule has 0 spiro atoms. The van der Waals surface area contributed by atoms with Crippen LogP contribution in [0, 0.1) is 0 Å². The molecule has 1 saturated heterocycles. The minimum Gasteiger partial charge on any atom is -0.380 e. The van der Waals surface area contributed by atoms with Crippen LogP contribution < -0.4 is 10.2 Å². The SMILES string of the molecule is O=C(NC1CCN(c2ccc(Cl)cc2)C1)C1(O)CCCC1. The maximum atomic E-state index is 12.2. The zero-order valence-electron chi connectivity index (χ0n) is 12.0. The van der Waals surface area contributed by atoms with Crippen LogP contribution >= 0.6 is 11.6 Å². The molecular formula is C16H21ClN2O2. The number of hydrogen-bond donors (Lipinski definition) is 2. The Morgan fingerprint density at radius 1 is 1.29 bits per heavy atom. The molecule has 21 heavy (non-hydrogen) atoms. The summed E-state index contributed by atoms with van der Waals surface area (Å²) in [6.07, 6.45) is 3.96. The summed E-state index contributed by atoms with van der Waals surface area (Å²) in [6.45, 7) is 1.69. The predicted octanol–water partition coefficient (Wildman–Crippen LogP) is 2.34. The highest BCUT2D eigenvalue weighted by Crippen LogP contribution is 2.30. The zero-order valence-corrected chi connectivity index (χ0v) is 12.8. The maximum Gasteiger partial charge on any atom is 0.252 e. The minimum absolute atomic E-state index is 0.109. The van der Waals surface area contributed by atoms with Crippen molar-refractivity contribution in [3.05, 3.63) is 29.3 Å². The third kappa shape index (κ3) is 3.16. The van der Waals surface area contributed by atoms with E-state index in [1.165, 1.54) is 0 Å². The van der Waals surface area contributed by atoms with Crippen molar-refractivity contribution in [1.29, 1.82) is 0 Å². The first-order chi connectivity index (χ1) is 10.1. The Kier molecular flexibility index (Phi) is 4.09. The average Bonchev–Trinajstić information content (AvgIpc) is 3.10. The molecule has 1 heterocycles. The quantitative estimate of drug-likeness (QED) is 0.901. The van der Waals surface area contributed by atoms with Gasteiger partial charge in [0.05, 0.1) is 0 Å². The van der Waals surface area contributed by atoms with Crippen LogP contribution in [0.5, 0.6) is 0 Å². The van der Waals surface area contributed by atoms with E-state index in [0.29, 0.717) is 12.8 Å². The summed E-state index contributed by atoms with van der Waals surface area (Å²) in [5.41, 5.74) is -0.0102. The summed E-state index contributed by atoms with van der Waals surface area (Å²) >= 11 is 5.90. The molecule has 5 heteroatoms. The van der Waals surface area contributed by atoms with Gasteiger partial charge in [-0.25, -0.2) is 0 Å². The number of rotatable bonds is 3. The lowest BCUT2D eigenvalue weighted by molar-refractivity contribution is -0.139. The third-order valence-corrected chi connectivity index (χ3v) is 4.82. The number of aliphatic hydroxyl groups is 1. The van der Waals surface area contributed by atoms with Crippen molar-refractivity contribution in [2.75, 3.05) is 18.0 Å². The Morgan fingerprint density at radius 2 is 1.95 bits per heavy atom. The van der Waals surface area contributed by atoms with E-state index in [9.17, 15) is 9.90 Å². The van der Waals surface area contributed by atoms with Crippen molar-refractivity contribution in [3.8, 4) is 0 Å². The molecule has 1 aliphatic carbocycles. The molecular weight excluding hydrogens is 288 g/mol. The van der Waals surface area contributed by atoms with Crippen LogP contribution in [0.1, 0.15) is 32.1 Å². The number of benzene rings is 1. The van der Waals surface area contributed by atoms with Gasteiger partial charge in [-0.15, -0.1) is 0 Å². The molecule has 1 saturated carbocycles. The highest BCUT2D eigenvalue weighted by molar-refractivity contribution is 6.30. The number of carbonyl (C=O) groups excluding carboxylic acids is 1. The number of halogens is 1. The lowest BCUT2D eigenvalue weighted by atomic mass is 10.0. The monoisotopic (exact) mass is 308 g/mol. The van der Waals surface area contributed by atoms with Gasteiger partial charge in [-0.2, -0.15) is 0 Å². The van der Waals surface area contributed by atoms with Gasteiger partial charge in [0.25, 0.3) is 5.91 Å². The van der Waals surface area contributed by atoms with E-state index in [1.807, 2.05) is 24.3 Å². The van der Waals surface area contributed by atoms with Crippen LogP contribution in [-0.2, 0) is 4.79 Å². The fourth-order valence-corrected chi connectivity index (χ4v) is 3.40. The second kappa shape index (κ2) is 5.85. The summed E-state index contributed by atoms with van der Waals surface area (Å²) in [7, 11) is 0. The van der Waals surface area contributed by atoms with Crippen molar-refractivity contribution in [2.24, 2.45) is 0 Å². The smallest absolute Gasteiger partial charge is 0.252 e. The molecule has 0 aromatic heterocycles. The van der Waals surface area contributed by atoms with Crippen LogP contribution in [0.3, 0.4) is 0 Å². The first-order valence-electron chi connectivity index (χ1n) is 7.61. The molecule has 3 rings (SSSR count). The van der Waals surface area contributed by atoms with Crippen molar-refractivity contribution in [1.82, 2.24) is 5.32 Å². The van der Waals surface area contributed by atoms with Gasteiger partial charge >= 0.3 is 0 Å². The minimum atomic E-state index is -1.13. The fraction of sp³-hybridized carbons (Fsp3) is 0.562. The van der Waals surface area contributed by atoms with Crippen molar-refractivity contribution in [3.63, 3.8) is 0 Å². The second-order valence-corrected chi connectivity index (χ2v) is 6.56. The van der Waals surface area contributed by atoms with Crippen LogP contribution in [0.2, 0.25) is 5.02 Å².